The second-order valence-electron chi connectivity index (χ2n) is 4.10. The smallest absolute Gasteiger partial charge is 0.202 e. The molecule has 0 radical (unpaired) electrons. The van der Waals surface area contributed by atoms with E-state index in [2.05, 4.69) is 31.9 Å². The monoisotopic (exact) mass is 418 g/mol. The molecule has 0 atom stereocenters. The van der Waals surface area contributed by atoms with E-state index in [0.717, 1.165) is 13.1 Å². The van der Waals surface area contributed by atoms with Crippen molar-refractivity contribution in [3.63, 3.8) is 0 Å². The molecule has 3 nitrogen and oxygen atoms in total. The summed E-state index contributed by atoms with van der Waals surface area (Å²) in [5.41, 5.74) is 1.69. The van der Waals surface area contributed by atoms with Crippen LogP contribution >= 0.6 is 43.2 Å². The molecule has 0 saturated carbocycles. The number of thiophene rings is 1. The third-order valence-electron chi connectivity index (χ3n) is 2.63. The molecule has 0 amide bonds. The summed E-state index contributed by atoms with van der Waals surface area (Å²) in [7, 11) is 1.58. The molecule has 20 heavy (non-hydrogen) atoms. The number of Topliss-reactive ketones (excluding diaryl/α,β-unsaturated/α-hetero) is 1. The average molecular weight is 420 g/mol. The number of ketones is 1. The summed E-state index contributed by atoms with van der Waals surface area (Å²) in [5.74, 6) is 1.11. The van der Waals surface area contributed by atoms with Crippen LogP contribution in [0.5, 0.6) is 11.5 Å². The third-order valence-corrected chi connectivity index (χ3v) is 4.97. The van der Waals surface area contributed by atoms with E-state index >= 15 is 0 Å². The number of aryl methyl sites for hydroxylation is 1. The number of carbonyl (C=O) groups is 1. The minimum absolute atomic E-state index is 0.0266. The zero-order chi connectivity index (χ0) is 14.7. The van der Waals surface area contributed by atoms with Crippen LogP contribution in [0, 0.1) is 6.92 Å². The maximum atomic E-state index is 12.1. The van der Waals surface area contributed by atoms with Crippen molar-refractivity contribution in [2.45, 2.75) is 6.92 Å². The van der Waals surface area contributed by atoms with Gasteiger partial charge in [-0.2, -0.15) is 0 Å². The normalized spacial score (nSPS) is 10.4. The molecule has 0 aliphatic rings. The lowest BCUT2D eigenvalue weighted by Gasteiger charge is -2.10. The molecule has 2 rings (SSSR count). The highest BCUT2D eigenvalue weighted by Crippen LogP contribution is 2.33. The van der Waals surface area contributed by atoms with E-state index in [1.54, 1.807) is 19.2 Å². The first-order valence-electron chi connectivity index (χ1n) is 5.76. The molecule has 0 aliphatic carbocycles. The SMILES string of the molecule is COc1cc(C)ccc1OCC(=O)c1cc(Br)sc1Br. The molecule has 1 heterocycles. The molecule has 0 N–H and O–H groups in total. The minimum atomic E-state index is -0.0820. The van der Waals surface area contributed by atoms with Gasteiger partial charge >= 0.3 is 0 Å². The lowest BCUT2D eigenvalue weighted by molar-refractivity contribution is 0.0919. The van der Waals surface area contributed by atoms with E-state index in [9.17, 15) is 4.79 Å². The van der Waals surface area contributed by atoms with E-state index in [1.807, 2.05) is 19.1 Å². The molecular weight excluding hydrogens is 408 g/mol. The van der Waals surface area contributed by atoms with Gasteiger partial charge in [-0.05, 0) is 62.5 Å². The highest BCUT2D eigenvalue weighted by molar-refractivity contribution is 9.12. The Morgan fingerprint density at radius 1 is 1.25 bits per heavy atom. The Morgan fingerprint density at radius 3 is 2.60 bits per heavy atom. The van der Waals surface area contributed by atoms with Crippen molar-refractivity contribution in [3.05, 3.63) is 43.0 Å². The Morgan fingerprint density at radius 2 is 2.00 bits per heavy atom. The van der Waals surface area contributed by atoms with Crippen LogP contribution in [0.2, 0.25) is 0 Å². The fraction of sp³-hybridized carbons (Fsp3) is 0.214. The Kier molecular flexibility index (Phi) is 5.23. The summed E-state index contributed by atoms with van der Waals surface area (Å²) in [5, 5.41) is 0. The average Bonchev–Trinajstić information content (AvgIpc) is 2.76. The highest BCUT2D eigenvalue weighted by Gasteiger charge is 2.15. The van der Waals surface area contributed by atoms with Gasteiger partial charge in [0.25, 0.3) is 0 Å². The molecule has 0 saturated heterocycles. The summed E-state index contributed by atoms with van der Waals surface area (Å²) in [6, 6.07) is 7.38. The van der Waals surface area contributed by atoms with E-state index in [-0.39, 0.29) is 12.4 Å². The largest absolute Gasteiger partial charge is 0.493 e. The highest BCUT2D eigenvalue weighted by atomic mass is 79.9. The molecule has 1 aromatic carbocycles. The zero-order valence-corrected chi connectivity index (χ0v) is 14.9. The molecule has 2 aromatic rings. The van der Waals surface area contributed by atoms with E-state index in [1.165, 1.54) is 11.3 Å². The van der Waals surface area contributed by atoms with Gasteiger partial charge in [0.05, 0.1) is 14.7 Å². The lowest BCUT2D eigenvalue weighted by Crippen LogP contribution is -2.11. The molecule has 0 aliphatic heterocycles. The van der Waals surface area contributed by atoms with Crippen molar-refractivity contribution < 1.29 is 14.3 Å². The zero-order valence-electron chi connectivity index (χ0n) is 10.9. The van der Waals surface area contributed by atoms with Crippen molar-refractivity contribution in [1.82, 2.24) is 0 Å². The Labute approximate surface area is 138 Å². The van der Waals surface area contributed by atoms with Gasteiger partial charge in [0.2, 0.25) is 5.78 Å². The standard InChI is InChI=1S/C14H12Br2O3S/c1-8-3-4-11(12(5-8)18-2)19-7-10(17)9-6-13(15)20-14(9)16/h3-6H,7H2,1-2H3. The van der Waals surface area contributed by atoms with Crippen LogP contribution < -0.4 is 9.47 Å². The molecular formula is C14H12Br2O3S. The van der Waals surface area contributed by atoms with Crippen LogP contribution in [-0.4, -0.2) is 19.5 Å². The number of hydrogen-bond acceptors (Lipinski definition) is 4. The summed E-state index contributed by atoms with van der Waals surface area (Å²) < 4.78 is 12.5. The maximum absolute atomic E-state index is 12.1. The van der Waals surface area contributed by atoms with Crippen LogP contribution in [0.25, 0.3) is 0 Å². The Hall–Kier alpha value is -0.850. The van der Waals surface area contributed by atoms with Crippen LogP contribution in [0.4, 0.5) is 0 Å². The van der Waals surface area contributed by atoms with Crippen LogP contribution in [0.15, 0.2) is 31.8 Å². The number of halogens is 2. The number of ether oxygens (including phenoxy) is 2. The lowest BCUT2D eigenvalue weighted by atomic mass is 10.2. The maximum Gasteiger partial charge on any atom is 0.202 e. The van der Waals surface area contributed by atoms with Gasteiger partial charge in [0.1, 0.15) is 0 Å². The summed E-state index contributed by atoms with van der Waals surface area (Å²) in [4.78, 5) is 12.1. The predicted octanol–water partition coefficient (Wildman–Crippen LogP) is 4.85. The van der Waals surface area contributed by atoms with Gasteiger partial charge < -0.3 is 9.47 Å². The first kappa shape index (κ1) is 15.5. The second kappa shape index (κ2) is 6.74. The van der Waals surface area contributed by atoms with Crippen molar-refractivity contribution in [2.75, 3.05) is 13.7 Å². The molecule has 106 valence electrons. The summed E-state index contributed by atoms with van der Waals surface area (Å²) >= 11 is 8.18. The molecule has 0 bridgehead atoms. The molecule has 6 heteroatoms. The fourth-order valence-electron chi connectivity index (χ4n) is 1.65. The first-order chi connectivity index (χ1) is 9.51. The Balaban J connectivity index is 2.09. The number of methoxy groups -OCH3 is 1. The van der Waals surface area contributed by atoms with Gasteiger partial charge in [-0.25, -0.2) is 0 Å². The first-order valence-corrected chi connectivity index (χ1v) is 8.17. The summed E-state index contributed by atoms with van der Waals surface area (Å²) in [6.07, 6.45) is 0. The Bertz CT molecular complexity index is 637. The minimum Gasteiger partial charge on any atom is -0.493 e. The van der Waals surface area contributed by atoms with Gasteiger partial charge in [-0.15, -0.1) is 11.3 Å². The topological polar surface area (TPSA) is 35.5 Å². The summed E-state index contributed by atoms with van der Waals surface area (Å²) in [6.45, 7) is 1.94. The van der Waals surface area contributed by atoms with Crippen molar-refractivity contribution in [3.8, 4) is 11.5 Å². The van der Waals surface area contributed by atoms with E-state index < -0.39 is 0 Å². The molecule has 0 spiro atoms. The molecule has 1 aromatic heterocycles. The van der Waals surface area contributed by atoms with Gasteiger partial charge in [-0.3, -0.25) is 4.79 Å². The molecule has 0 fully saturated rings. The van der Waals surface area contributed by atoms with Crippen LogP contribution in [0.1, 0.15) is 15.9 Å². The molecule has 0 unspecified atom stereocenters. The van der Waals surface area contributed by atoms with Crippen molar-refractivity contribution >= 4 is 49.0 Å². The third kappa shape index (κ3) is 3.62. The van der Waals surface area contributed by atoms with Gasteiger partial charge in [-0.1, -0.05) is 6.07 Å². The quantitative estimate of drug-likeness (QED) is 0.649. The number of hydrogen-bond donors (Lipinski definition) is 0. The predicted molar refractivity (Wildman–Crippen MR) is 87.3 cm³/mol. The number of carbonyl (C=O) groups excluding carboxylic acids is 1. The number of rotatable bonds is 5. The van der Waals surface area contributed by atoms with Crippen molar-refractivity contribution in [2.24, 2.45) is 0 Å². The fourth-order valence-corrected chi connectivity index (χ4v) is 4.50. The van der Waals surface area contributed by atoms with Crippen LogP contribution in [0.3, 0.4) is 0 Å². The van der Waals surface area contributed by atoms with Gasteiger partial charge in [0, 0.05) is 5.56 Å². The number of benzene rings is 1. The van der Waals surface area contributed by atoms with E-state index in [0.29, 0.717) is 17.1 Å². The van der Waals surface area contributed by atoms with Gasteiger partial charge in [0.15, 0.2) is 18.1 Å². The second-order valence-corrected chi connectivity index (χ2v) is 7.85. The van der Waals surface area contributed by atoms with Crippen LogP contribution in [-0.2, 0) is 0 Å². The van der Waals surface area contributed by atoms with E-state index in [4.69, 9.17) is 9.47 Å². The van der Waals surface area contributed by atoms with Crippen molar-refractivity contribution in [1.29, 1.82) is 0 Å².